The van der Waals surface area contributed by atoms with E-state index in [4.69, 9.17) is 4.74 Å². The highest BCUT2D eigenvalue weighted by Gasteiger charge is 2.19. The molecule has 0 bridgehead atoms. The van der Waals surface area contributed by atoms with Crippen LogP contribution in [-0.2, 0) is 11.3 Å². The van der Waals surface area contributed by atoms with E-state index in [2.05, 4.69) is 9.97 Å². The topological polar surface area (TPSA) is 75.3 Å². The Morgan fingerprint density at radius 2 is 1.85 bits per heavy atom. The van der Waals surface area contributed by atoms with Crippen molar-refractivity contribution in [3.63, 3.8) is 0 Å². The zero-order valence-electron chi connectivity index (χ0n) is 15.7. The highest BCUT2D eigenvalue weighted by atomic mass is 16.5. The van der Waals surface area contributed by atoms with E-state index in [0.717, 1.165) is 5.56 Å². The van der Waals surface area contributed by atoms with Crippen molar-refractivity contribution in [1.29, 1.82) is 0 Å². The molecule has 6 heteroatoms. The number of fused-ring (bicyclic) bond motifs is 1. The summed E-state index contributed by atoms with van der Waals surface area (Å²) in [5.41, 5.74) is 1.38. The van der Waals surface area contributed by atoms with E-state index in [-0.39, 0.29) is 30.7 Å². The molecule has 140 valence electrons. The Hall–Kier alpha value is -3.15. The lowest BCUT2D eigenvalue weighted by molar-refractivity contribution is -0.135. The molecule has 2 aromatic carbocycles. The first-order valence-electron chi connectivity index (χ1n) is 8.91. The highest BCUT2D eigenvalue weighted by molar-refractivity contribution is 5.79. The minimum Gasteiger partial charge on any atom is -0.484 e. The van der Waals surface area contributed by atoms with Crippen LogP contribution in [0.3, 0.4) is 0 Å². The van der Waals surface area contributed by atoms with Crippen molar-refractivity contribution in [3.8, 4) is 5.75 Å². The van der Waals surface area contributed by atoms with Crippen molar-refractivity contribution in [1.82, 2.24) is 14.9 Å². The lowest BCUT2D eigenvalue weighted by atomic mass is 10.2. The van der Waals surface area contributed by atoms with Gasteiger partial charge in [-0.3, -0.25) is 9.59 Å². The van der Waals surface area contributed by atoms with Gasteiger partial charge >= 0.3 is 0 Å². The summed E-state index contributed by atoms with van der Waals surface area (Å²) < 4.78 is 5.68. The van der Waals surface area contributed by atoms with Crippen LogP contribution in [0.15, 0.2) is 53.3 Å². The molecule has 1 N–H and O–H groups in total. The van der Waals surface area contributed by atoms with Gasteiger partial charge in [0.1, 0.15) is 11.6 Å². The molecule has 3 rings (SSSR count). The van der Waals surface area contributed by atoms with Gasteiger partial charge in [0.2, 0.25) is 0 Å². The number of ether oxygens (including phenoxy) is 1. The van der Waals surface area contributed by atoms with Crippen LogP contribution in [0.1, 0.15) is 25.2 Å². The summed E-state index contributed by atoms with van der Waals surface area (Å²) in [6, 6.07) is 14.7. The maximum Gasteiger partial charge on any atom is 0.261 e. The lowest BCUT2D eigenvalue weighted by Gasteiger charge is -2.26. The minimum atomic E-state index is -0.206. The number of aryl methyl sites for hydroxylation is 1. The van der Waals surface area contributed by atoms with Crippen molar-refractivity contribution in [2.75, 3.05) is 6.61 Å². The maximum atomic E-state index is 12.7. The smallest absolute Gasteiger partial charge is 0.261 e. The Morgan fingerprint density at radius 1 is 1.15 bits per heavy atom. The normalized spacial score (nSPS) is 11.0. The van der Waals surface area contributed by atoms with Crippen LogP contribution < -0.4 is 10.3 Å². The molecule has 27 heavy (non-hydrogen) atoms. The molecule has 1 amide bonds. The number of hydrogen-bond donors (Lipinski definition) is 1. The minimum absolute atomic E-state index is 0.0604. The summed E-state index contributed by atoms with van der Waals surface area (Å²) in [6.07, 6.45) is 0. The molecule has 0 spiro atoms. The third kappa shape index (κ3) is 4.34. The molecule has 0 atom stereocenters. The van der Waals surface area contributed by atoms with Crippen molar-refractivity contribution in [2.45, 2.75) is 33.4 Å². The average Bonchev–Trinajstić information content (AvgIpc) is 2.65. The number of aromatic amines is 1. The molecule has 0 radical (unpaired) electrons. The predicted molar refractivity (Wildman–Crippen MR) is 105 cm³/mol. The standard InChI is InChI=1S/C21H23N3O3/c1-14(2)24(20(25)13-27-18-11-7-4-8-15(18)3)12-19-22-17-10-6-5-9-16(17)21(26)23-19/h4-11,14H,12-13H2,1-3H3,(H,22,23,26). The van der Waals surface area contributed by atoms with Crippen molar-refractivity contribution in [2.24, 2.45) is 0 Å². The van der Waals surface area contributed by atoms with E-state index >= 15 is 0 Å². The Morgan fingerprint density at radius 3 is 2.59 bits per heavy atom. The summed E-state index contributed by atoms with van der Waals surface area (Å²) in [5.74, 6) is 0.979. The summed E-state index contributed by atoms with van der Waals surface area (Å²) in [7, 11) is 0. The van der Waals surface area contributed by atoms with Crippen LogP contribution in [0.5, 0.6) is 5.75 Å². The number of amides is 1. The van der Waals surface area contributed by atoms with Gasteiger partial charge in [-0.05, 0) is 44.5 Å². The number of rotatable bonds is 6. The zero-order chi connectivity index (χ0) is 19.4. The molecular formula is C21H23N3O3. The van der Waals surface area contributed by atoms with Gasteiger partial charge in [-0.1, -0.05) is 30.3 Å². The summed E-state index contributed by atoms with van der Waals surface area (Å²) in [6.45, 7) is 5.92. The fourth-order valence-electron chi connectivity index (χ4n) is 2.87. The van der Waals surface area contributed by atoms with Gasteiger partial charge in [0.25, 0.3) is 11.5 Å². The van der Waals surface area contributed by atoms with Crippen LogP contribution in [0.2, 0.25) is 0 Å². The van der Waals surface area contributed by atoms with Gasteiger partial charge in [0, 0.05) is 6.04 Å². The number of carbonyl (C=O) groups excluding carboxylic acids is 1. The maximum absolute atomic E-state index is 12.7. The summed E-state index contributed by atoms with van der Waals surface area (Å²) in [4.78, 5) is 33.8. The third-order valence-corrected chi connectivity index (χ3v) is 4.37. The number of H-pyrrole nitrogens is 1. The van der Waals surface area contributed by atoms with Gasteiger partial charge in [0.15, 0.2) is 6.61 Å². The Labute approximate surface area is 157 Å². The number of para-hydroxylation sites is 2. The zero-order valence-corrected chi connectivity index (χ0v) is 15.7. The quantitative estimate of drug-likeness (QED) is 0.728. The molecule has 0 fully saturated rings. The van der Waals surface area contributed by atoms with E-state index in [9.17, 15) is 9.59 Å². The second-order valence-corrected chi connectivity index (χ2v) is 6.70. The van der Waals surface area contributed by atoms with E-state index in [1.165, 1.54) is 0 Å². The number of nitrogens with one attached hydrogen (secondary N) is 1. The molecule has 0 saturated carbocycles. The molecule has 0 unspecified atom stereocenters. The monoisotopic (exact) mass is 365 g/mol. The largest absolute Gasteiger partial charge is 0.484 e. The van der Waals surface area contributed by atoms with E-state index in [1.54, 1.807) is 23.1 Å². The van der Waals surface area contributed by atoms with Gasteiger partial charge < -0.3 is 14.6 Å². The molecule has 0 aliphatic carbocycles. The predicted octanol–water partition coefficient (Wildman–Crippen LogP) is 3.05. The first-order valence-corrected chi connectivity index (χ1v) is 8.91. The van der Waals surface area contributed by atoms with Crippen molar-refractivity contribution < 1.29 is 9.53 Å². The third-order valence-electron chi connectivity index (χ3n) is 4.37. The second kappa shape index (κ2) is 8.03. The molecule has 0 aliphatic heterocycles. The van der Waals surface area contributed by atoms with Crippen molar-refractivity contribution in [3.05, 3.63) is 70.3 Å². The Kier molecular flexibility index (Phi) is 5.54. The molecule has 1 heterocycles. The number of hydrogen-bond acceptors (Lipinski definition) is 4. The average molecular weight is 365 g/mol. The fourth-order valence-corrected chi connectivity index (χ4v) is 2.87. The number of benzene rings is 2. The molecule has 0 aliphatic rings. The summed E-state index contributed by atoms with van der Waals surface area (Å²) in [5, 5.41) is 0.534. The van der Waals surface area contributed by atoms with Gasteiger partial charge in [0.05, 0.1) is 17.4 Å². The van der Waals surface area contributed by atoms with Gasteiger partial charge in [-0.15, -0.1) is 0 Å². The molecule has 3 aromatic rings. The Balaban J connectivity index is 1.76. The van der Waals surface area contributed by atoms with Crippen LogP contribution >= 0.6 is 0 Å². The van der Waals surface area contributed by atoms with Crippen LogP contribution in [0.25, 0.3) is 10.9 Å². The first-order chi connectivity index (χ1) is 13.0. The SMILES string of the molecule is Cc1ccccc1OCC(=O)N(Cc1nc2ccccc2c(=O)[nH]1)C(C)C. The van der Waals surface area contributed by atoms with E-state index in [0.29, 0.717) is 22.5 Å². The summed E-state index contributed by atoms with van der Waals surface area (Å²) >= 11 is 0. The first kappa shape index (κ1) is 18.6. The molecular weight excluding hydrogens is 342 g/mol. The Bertz CT molecular complexity index is 1010. The number of nitrogens with zero attached hydrogens (tertiary/aromatic N) is 2. The number of carbonyl (C=O) groups is 1. The van der Waals surface area contributed by atoms with Crippen LogP contribution in [0, 0.1) is 6.92 Å². The molecule has 0 saturated heterocycles. The lowest BCUT2D eigenvalue weighted by Crippen LogP contribution is -2.40. The highest BCUT2D eigenvalue weighted by Crippen LogP contribution is 2.16. The fraction of sp³-hybridized carbons (Fsp3) is 0.286. The van der Waals surface area contributed by atoms with Gasteiger partial charge in [-0.25, -0.2) is 4.98 Å². The van der Waals surface area contributed by atoms with E-state index in [1.807, 2.05) is 51.1 Å². The van der Waals surface area contributed by atoms with Crippen molar-refractivity contribution >= 4 is 16.8 Å². The van der Waals surface area contributed by atoms with Crippen LogP contribution in [-0.4, -0.2) is 33.4 Å². The number of aromatic nitrogens is 2. The van der Waals surface area contributed by atoms with Gasteiger partial charge in [-0.2, -0.15) is 0 Å². The molecule has 1 aromatic heterocycles. The second-order valence-electron chi connectivity index (χ2n) is 6.70. The van der Waals surface area contributed by atoms with E-state index < -0.39 is 0 Å². The van der Waals surface area contributed by atoms with Crippen LogP contribution in [0.4, 0.5) is 0 Å². The molecule has 6 nitrogen and oxygen atoms in total.